The average Bonchev–Trinajstić information content (AvgIpc) is 3.29. The Morgan fingerprint density at radius 2 is 1.92 bits per heavy atom. The molecule has 0 spiro atoms. The molecule has 0 aliphatic rings. The predicted octanol–water partition coefficient (Wildman–Crippen LogP) is 4.40. The molecule has 2 N–H and O–H groups in total. The molecule has 6 nitrogen and oxygen atoms in total. The molecule has 0 atom stereocenters. The number of carbonyl (C=O) groups excluding carboxylic acids is 2. The van der Waals surface area contributed by atoms with Gasteiger partial charge in [0.1, 0.15) is 0 Å². The first-order valence-corrected chi connectivity index (χ1v) is 10.1. The van der Waals surface area contributed by atoms with Crippen LogP contribution in [0.25, 0.3) is 0 Å². The number of furan rings is 1. The molecule has 0 radical (unpaired) electrons. The summed E-state index contributed by atoms with van der Waals surface area (Å²) in [6.07, 6.45) is 10.2. The summed E-state index contributed by atoms with van der Waals surface area (Å²) in [6.45, 7) is 2.92. The molecule has 0 bridgehead atoms. The normalized spacial score (nSPS) is 10.7. The number of nitrogens with one attached hydrogen (secondary N) is 2. The number of hydrogen-bond acceptors (Lipinski definition) is 5. The topological polar surface area (TPSA) is 84.2 Å². The van der Waals surface area contributed by atoms with Crippen molar-refractivity contribution in [2.75, 3.05) is 11.9 Å². The van der Waals surface area contributed by atoms with Crippen LogP contribution in [0.5, 0.6) is 0 Å². The van der Waals surface area contributed by atoms with E-state index in [4.69, 9.17) is 4.42 Å². The van der Waals surface area contributed by atoms with Crippen LogP contribution in [-0.2, 0) is 11.2 Å². The van der Waals surface area contributed by atoms with Crippen molar-refractivity contribution in [1.29, 1.82) is 0 Å². The third-order valence-electron chi connectivity index (χ3n) is 3.96. The molecule has 0 aromatic carbocycles. The molecule has 0 aliphatic heterocycles. The van der Waals surface area contributed by atoms with E-state index in [-0.39, 0.29) is 24.0 Å². The standard InChI is InChI=1S/C19H27N3O3S/c1-2-3-4-5-6-7-8-11-20-17(23)13-15-14-26-19(21-15)22-18(24)16-10-9-12-25-16/h9-10,12,14H,2-8,11,13H2,1H3,(H,20,23)(H,21,22,24). The van der Waals surface area contributed by atoms with Gasteiger partial charge in [-0.2, -0.15) is 0 Å². The third-order valence-corrected chi connectivity index (χ3v) is 4.77. The number of carbonyl (C=O) groups is 2. The zero-order valence-corrected chi connectivity index (χ0v) is 16.1. The lowest BCUT2D eigenvalue weighted by Crippen LogP contribution is -2.26. The number of thiazole rings is 1. The van der Waals surface area contributed by atoms with Crippen molar-refractivity contribution in [3.05, 3.63) is 35.2 Å². The van der Waals surface area contributed by atoms with Gasteiger partial charge in [0.2, 0.25) is 5.91 Å². The Morgan fingerprint density at radius 3 is 2.65 bits per heavy atom. The molecular formula is C19H27N3O3S. The molecule has 2 rings (SSSR count). The van der Waals surface area contributed by atoms with Crippen LogP contribution in [0.3, 0.4) is 0 Å². The van der Waals surface area contributed by atoms with E-state index in [9.17, 15) is 9.59 Å². The molecule has 2 amide bonds. The number of anilines is 1. The fourth-order valence-electron chi connectivity index (χ4n) is 2.55. The van der Waals surface area contributed by atoms with Gasteiger partial charge in [-0.25, -0.2) is 4.98 Å². The van der Waals surface area contributed by atoms with E-state index in [1.165, 1.54) is 49.7 Å². The number of hydrogen-bond donors (Lipinski definition) is 2. The summed E-state index contributed by atoms with van der Waals surface area (Å²) in [4.78, 5) is 28.1. The Hall–Kier alpha value is -2.15. The van der Waals surface area contributed by atoms with Crippen molar-refractivity contribution in [3.8, 4) is 0 Å². The molecule has 0 unspecified atom stereocenters. The van der Waals surface area contributed by atoms with E-state index >= 15 is 0 Å². The van der Waals surface area contributed by atoms with Gasteiger partial charge in [0.25, 0.3) is 5.91 Å². The molecular weight excluding hydrogens is 350 g/mol. The Labute approximate surface area is 158 Å². The average molecular weight is 378 g/mol. The largest absolute Gasteiger partial charge is 0.459 e. The molecule has 26 heavy (non-hydrogen) atoms. The van der Waals surface area contributed by atoms with Crippen molar-refractivity contribution < 1.29 is 14.0 Å². The van der Waals surface area contributed by atoms with Crippen LogP contribution >= 0.6 is 11.3 Å². The second-order valence-corrected chi connectivity index (χ2v) is 7.08. The first-order valence-electron chi connectivity index (χ1n) is 9.25. The third kappa shape index (κ3) is 7.39. The monoisotopic (exact) mass is 377 g/mol. The maximum atomic E-state index is 12.0. The van der Waals surface area contributed by atoms with Crippen molar-refractivity contribution in [2.45, 2.75) is 58.3 Å². The van der Waals surface area contributed by atoms with Crippen LogP contribution in [0.1, 0.15) is 68.1 Å². The van der Waals surface area contributed by atoms with Crippen LogP contribution in [0.15, 0.2) is 28.2 Å². The number of unbranched alkanes of at least 4 members (excludes halogenated alkanes) is 6. The van der Waals surface area contributed by atoms with E-state index in [0.29, 0.717) is 17.4 Å². The molecule has 142 valence electrons. The second kappa shape index (κ2) is 11.5. The van der Waals surface area contributed by atoms with Gasteiger partial charge in [-0.15, -0.1) is 11.3 Å². The second-order valence-electron chi connectivity index (χ2n) is 6.22. The zero-order valence-electron chi connectivity index (χ0n) is 15.3. The quantitative estimate of drug-likeness (QED) is 0.537. The van der Waals surface area contributed by atoms with E-state index in [1.54, 1.807) is 17.5 Å². The van der Waals surface area contributed by atoms with Crippen LogP contribution in [-0.4, -0.2) is 23.3 Å². The van der Waals surface area contributed by atoms with Gasteiger partial charge < -0.3 is 9.73 Å². The lowest BCUT2D eigenvalue weighted by atomic mass is 10.1. The van der Waals surface area contributed by atoms with E-state index < -0.39 is 0 Å². The van der Waals surface area contributed by atoms with Gasteiger partial charge in [0, 0.05) is 11.9 Å². The highest BCUT2D eigenvalue weighted by molar-refractivity contribution is 7.14. The SMILES string of the molecule is CCCCCCCCCNC(=O)Cc1csc(NC(=O)c2ccco2)n1. The van der Waals surface area contributed by atoms with E-state index in [0.717, 1.165) is 12.8 Å². The Bertz CT molecular complexity index is 667. The molecule has 2 aromatic heterocycles. The Kier molecular flexibility index (Phi) is 8.89. The molecule has 2 heterocycles. The van der Waals surface area contributed by atoms with Gasteiger partial charge in [-0.3, -0.25) is 14.9 Å². The fraction of sp³-hybridized carbons (Fsp3) is 0.526. The van der Waals surface area contributed by atoms with Crippen LogP contribution < -0.4 is 10.6 Å². The van der Waals surface area contributed by atoms with Gasteiger partial charge in [0.05, 0.1) is 18.4 Å². The maximum Gasteiger partial charge on any atom is 0.293 e. The molecule has 7 heteroatoms. The highest BCUT2D eigenvalue weighted by Gasteiger charge is 2.12. The minimum absolute atomic E-state index is 0.0369. The Morgan fingerprint density at radius 1 is 1.15 bits per heavy atom. The van der Waals surface area contributed by atoms with Crippen molar-refractivity contribution in [3.63, 3.8) is 0 Å². The van der Waals surface area contributed by atoms with Gasteiger partial charge in [-0.1, -0.05) is 45.4 Å². The Balaban J connectivity index is 1.60. The summed E-state index contributed by atoms with van der Waals surface area (Å²) >= 11 is 1.29. The maximum absolute atomic E-state index is 12.0. The summed E-state index contributed by atoms with van der Waals surface area (Å²) in [6, 6.07) is 3.23. The van der Waals surface area contributed by atoms with Crippen molar-refractivity contribution in [1.82, 2.24) is 10.3 Å². The van der Waals surface area contributed by atoms with E-state index in [1.807, 2.05) is 0 Å². The predicted molar refractivity (Wildman–Crippen MR) is 103 cm³/mol. The number of nitrogens with zero attached hydrogens (tertiary/aromatic N) is 1. The number of amides is 2. The summed E-state index contributed by atoms with van der Waals surface area (Å²) in [5.74, 6) is -0.154. The summed E-state index contributed by atoms with van der Waals surface area (Å²) in [5, 5.41) is 7.83. The van der Waals surface area contributed by atoms with Crippen molar-refractivity contribution >= 4 is 28.3 Å². The van der Waals surface area contributed by atoms with Gasteiger partial charge in [0.15, 0.2) is 10.9 Å². The van der Waals surface area contributed by atoms with Gasteiger partial charge >= 0.3 is 0 Å². The smallest absolute Gasteiger partial charge is 0.293 e. The minimum atomic E-state index is -0.348. The highest BCUT2D eigenvalue weighted by atomic mass is 32.1. The number of rotatable bonds is 12. The highest BCUT2D eigenvalue weighted by Crippen LogP contribution is 2.17. The lowest BCUT2D eigenvalue weighted by Gasteiger charge is -2.04. The van der Waals surface area contributed by atoms with Crippen LogP contribution in [0.4, 0.5) is 5.13 Å². The number of aromatic nitrogens is 1. The summed E-state index contributed by atoms with van der Waals surface area (Å²) in [7, 11) is 0. The summed E-state index contributed by atoms with van der Waals surface area (Å²) < 4.78 is 5.03. The minimum Gasteiger partial charge on any atom is -0.459 e. The van der Waals surface area contributed by atoms with Crippen LogP contribution in [0, 0.1) is 0 Å². The van der Waals surface area contributed by atoms with E-state index in [2.05, 4.69) is 22.5 Å². The molecule has 0 saturated carbocycles. The lowest BCUT2D eigenvalue weighted by molar-refractivity contribution is -0.120. The van der Waals surface area contributed by atoms with Crippen LogP contribution in [0.2, 0.25) is 0 Å². The molecule has 0 aliphatic carbocycles. The first kappa shape index (κ1) is 20.2. The molecule has 0 saturated heterocycles. The van der Waals surface area contributed by atoms with Gasteiger partial charge in [-0.05, 0) is 18.6 Å². The van der Waals surface area contributed by atoms with Crippen molar-refractivity contribution in [2.24, 2.45) is 0 Å². The first-order chi connectivity index (χ1) is 12.7. The summed E-state index contributed by atoms with van der Waals surface area (Å²) in [5.41, 5.74) is 0.654. The molecule has 2 aromatic rings. The zero-order chi connectivity index (χ0) is 18.6. The fourth-order valence-corrected chi connectivity index (χ4v) is 3.25. The molecule has 0 fully saturated rings.